The SMILES string of the molecule is Cc1cccc(NC(=O)CC(C(=O)O)N2CCN(C)CC2)c1C. The molecule has 1 amide bonds. The number of rotatable bonds is 5. The molecule has 0 aromatic heterocycles. The van der Waals surface area contributed by atoms with Crippen LogP contribution in [0.4, 0.5) is 5.69 Å². The predicted octanol–water partition coefficient (Wildman–Crippen LogP) is 1.33. The molecule has 0 spiro atoms. The van der Waals surface area contributed by atoms with Gasteiger partial charge in [0.2, 0.25) is 5.91 Å². The zero-order valence-corrected chi connectivity index (χ0v) is 14.0. The molecule has 2 N–H and O–H groups in total. The highest BCUT2D eigenvalue weighted by Crippen LogP contribution is 2.19. The Bertz CT molecular complexity index is 580. The van der Waals surface area contributed by atoms with Gasteiger partial charge in [-0.1, -0.05) is 12.1 Å². The third-order valence-electron chi connectivity index (χ3n) is 4.52. The molecular formula is C17H25N3O3. The minimum absolute atomic E-state index is 0.0353. The highest BCUT2D eigenvalue weighted by Gasteiger charge is 2.30. The van der Waals surface area contributed by atoms with Crippen molar-refractivity contribution in [3.8, 4) is 0 Å². The van der Waals surface area contributed by atoms with Crippen LogP contribution < -0.4 is 5.32 Å². The van der Waals surface area contributed by atoms with Gasteiger partial charge >= 0.3 is 5.97 Å². The van der Waals surface area contributed by atoms with Crippen molar-refractivity contribution >= 4 is 17.6 Å². The fraction of sp³-hybridized carbons (Fsp3) is 0.529. The third kappa shape index (κ3) is 4.53. The normalized spacial score (nSPS) is 17.7. The summed E-state index contributed by atoms with van der Waals surface area (Å²) in [5.41, 5.74) is 2.85. The molecule has 6 nitrogen and oxygen atoms in total. The van der Waals surface area contributed by atoms with Gasteiger partial charge in [0.05, 0.1) is 6.42 Å². The lowest BCUT2D eigenvalue weighted by molar-refractivity contribution is -0.145. The van der Waals surface area contributed by atoms with Crippen LogP contribution in [0.2, 0.25) is 0 Å². The molecule has 1 aliphatic rings. The van der Waals surface area contributed by atoms with E-state index in [9.17, 15) is 14.7 Å². The number of carboxylic acid groups (broad SMARTS) is 1. The van der Waals surface area contributed by atoms with Crippen LogP contribution in [-0.4, -0.2) is 66.1 Å². The zero-order valence-electron chi connectivity index (χ0n) is 14.0. The Hall–Kier alpha value is -1.92. The number of carbonyl (C=O) groups is 2. The first-order chi connectivity index (χ1) is 10.9. The number of amides is 1. The number of carbonyl (C=O) groups excluding carboxylic acids is 1. The Morgan fingerprint density at radius 3 is 2.48 bits per heavy atom. The van der Waals surface area contributed by atoms with Gasteiger partial charge in [-0.2, -0.15) is 0 Å². The first-order valence-corrected chi connectivity index (χ1v) is 7.90. The summed E-state index contributed by atoms with van der Waals surface area (Å²) >= 11 is 0. The molecule has 6 heteroatoms. The second-order valence-electron chi connectivity index (χ2n) is 6.19. The maximum absolute atomic E-state index is 12.3. The Morgan fingerprint density at radius 2 is 1.87 bits per heavy atom. The van der Waals surface area contributed by atoms with E-state index in [4.69, 9.17) is 0 Å². The molecule has 0 radical (unpaired) electrons. The largest absolute Gasteiger partial charge is 0.480 e. The number of likely N-dealkylation sites (N-methyl/N-ethyl adjacent to an activating group) is 1. The maximum atomic E-state index is 12.3. The number of carboxylic acids is 1. The number of aliphatic carboxylic acids is 1. The van der Waals surface area contributed by atoms with E-state index in [0.29, 0.717) is 13.1 Å². The van der Waals surface area contributed by atoms with Crippen molar-refractivity contribution in [1.29, 1.82) is 0 Å². The van der Waals surface area contributed by atoms with Crippen molar-refractivity contribution in [2.24, 2.45) is 0 Å². The summed E-state index contributed by atoms with van der Waals surface area (Å²) < 4.78 is 0. The van der Waals surface area contributed by atoms with Gasteiger partial charge in [0.15, 0.2) is 0 Å². The summed E-state index contributed by atoms with van der Waals surface area (Å²) in [5, 5.41) is 12.3. The second-order valence-corrected chi connectivity index (χ2v) is 6.19. The van der Waals surface area contributed by atoms with Crippen molar-refractivity contribution in [1.82, 2.24) is 9.80 Å². The van der Waals surface area contributed by atoms with Crippen LogP contribution in [0.1, 0.15) is 17.5 Å². The van der Waals surface area contributed by atoms with Crippen molar-refractivity contribution < 1.29 is 14.7 Å². The lowest BCUT2D eigenvalue weighted by atomic mass is 10.1. The van der Waals surface area contributed by atoms with E-state index in [1.54, 1.807) is 0 Å². The fourth-order valence-electron chi connectivity index (χ4n) is 2.77. The molecule has 0 aliphatic carbocycles. The van der Waals surface area contributed by atoms with Gasteiger partial charge in [-0.3, -0.25) is 14.5 Å². The van der Waals surface area contributed by atoms with Crippen LogP contribution in [0, 0.1) is 13.8 Å². The van der Waals surface area contributed by atoms with Crippen LogP contribution in [0.5, 0.6) is 0 Å². The van der Waals surface area contributed by atoms with E-state index >= 15 is 0 Å². The first kappa shape index (κ1) is 17.4. The molecule has 1 fully saturated rings. The lowest BCUT2D eigenvalue weighted by Gasteiger charge is -2.35. The van der Waals surface area contributed by atoms with Gasteiger partial charge in [-0.05, 0) is 38.1 Å². The van der Waals surface area contributed by atoms with Gasteiger partial charge in [0, 0.05) is 31.9 Å². The molecule has 23 heavy (non-hydrogen) atoms. The Morgan fingerprint density at radius 1 is 1.22 bits per heavy atom. The number of nitrogens with one attached hydrogen (secondary N) is 1. The molecule has 1 heterocycles. The minimum atomic E-state index is -0.939. The van der Waals surface area contributed by atoms with E-state index in [1.807, 2.05) is 44.0 Å². The minimum Gasteiger partial charge on any atom is -0.480 e. The molecule has 1 atom stereocenters. The summed E-state index contributed by atoms with van der Waals surface area (Å²) in [5.74, 6) is -1.20. The van der Waals surface area contributed by atoms with Gasteiger partial charge in [-0.25, -0.2) is 0 Å². The molecule has 1 aliphatic heterocycles. The molecule has 1 saturated heterocycles. The van der Waals surface area contributed by atoms with Crippen molar-refractivity contribution in [2.45, 2.75) is 26.3 Å². The first-order valence-electron chi connectivity index (χ1n) is 7.90. The Kier molecular flexibility index (Phi) is 5.74. The quantitative estimate of drug-likeness (QED) is 0.857. The van der Waals surface area contributed by atoms with Crippen molar-refractivity contribution in [3.63, 3.8) is 0 Å². The van der Waals surface area contributed by atoms with Crippen molar-refractivity contribution in [2.75, 3.05) is 38.5 Å². The van der Waals surface area contributed by atoms with Gasteiger partial charge in [0.25, 0.3) is 0 Å². The zero-order chi connectivity index (χ0) is 17.0. The molecule has 1 aromatic carbocycles. The summed E-state index contributed by atoms with van der Waals surface area (Å²) in [6.45, 7) is 6.91. The number of hydrogen-bond acceptors (Lipinski definition) is 4. The number of aryl methyl sites for hydroxylation is 1. The molecule has 1 aromatic rings. The molecule has 1 unspecified atom stereocenters. The fourth-order valence-corrected chi connectivity index (χ4v) is 2.77. The molecule has 0 bridgehead atoms. The molecule has 2 rings (SSSR count). The molecular weight excluding hydrogens is 294 g/mol. The highest BCUT2D eigenvalue weighted by molar-refractivity contribution is 5.94. The van der Waals surface area contributed by atoms with E-state index in [0.717, 1.165) is 29.9 Å². The summed E-state index contributed by atoms with van der Waals surface area (Å²) in [4.78, 5) is 27.9. The Labute approximate surface area is 137 Å². The van der Waals surface area contributed by atoms with Crippen molar-refractivity contribution in [3.05, 3.63) is 29.3 Å². The maximum Gasteiger partial charge on any atom is 0.321 e. The van der Waals surface area contributed by atoms with Gasteiger partial charge < -0.3 is 15.3 Å². The number of nitrogens with zero attached hydrogens (tertiary/aromatic N) is 2. The number of benzene rings is 1. The summed E-state index contributed by atoms with van der Waals surface area (Å²) in [7, 11) is 2.01. The number of hydrogen-bond donors (Lipinski definition) is 2. The lowest BCUT2D eigenvalue weighted by Crippen LogP contribution is -2.52. The van der Waals surface area contributed by atoms with Crippen LogP contribution in [0.25, 0.3) is 0 Å². The monoisotopic (exact) mass is 319 g/mol. The summed E-state index contributed by atoms with van der Waals surface area (Å²) in [6, 6.07) is 4.93. The molecule has 126 valence electrons. The third-order valence-corrected chi connectivity index (χ3v) is 4.52. The van der Waals surface area contributed by atoms with E-state index < -0.39 is 12.0 Å². The second kappa shape index (κ2) is 7.57. The van der Waals surface area contributed by atoms with Gasteiger partial charge in [-0.15, -0.1) is 0 Å². The van der Waals surface area contributed by atoms with Gasteiger partial charge in [0.1, 0.15) is 6.04 Å². The van der Waals surface area contributed by atoms with E-state index in [2.05, 4.69) is 10.2 Å². The van der Waals surface area contributed by atoms with Crippen LogP contribution in [0.15, 0.2) is 18.2 Å². The Balaban J connectivity index is 2.01. The average Bonchev–Trinajstić information content (AvgIpc) is 2.50. The van der Waals surface area contributed by atoms with E-state index in [1.165, 1.54) is 0 Å². The predicted molar refractivity (Wildman–Crippen MR) is 89.7 cm³/mol. The smallest absolute Gasteiger partial charge is 0.321 e. The number of anilines is 1. The summed E-state index contributed by atoms with van der Waals surface area (Å²) in [6.07, 6.45) is -0.0353. The van der Waals surface area contributed by atoms with Crippen LogP contribution in [0.3, 0.4) is 0 Å². The van der Waals surface area contributed by atoms with Crippen LogP contribution >= 0.6 is 0 Å². The topological polar surface area (TPSA) is 72.9 Å². The number of piperazine rings is 1. The average molecular weight is 319 g/mol. The standard InChI is InChI=1S/C17H25N3O3/c1-12-5-4-6-14(13(12)2)18-16(21)11-15(17(22)23)20-9-7-19(3)8-10-20/h4-6,15H,7-11H2,1-3H3,(H,18,21)(H,22,23). The highest BCUT2D eigenvalue weighted by atomic mass is 16.4. The van der Waals surface area contributed by atoms with E-state index in [-0.39, 0.29) is 12.3 Å². The molecule has 0 saturated carbocycles. The van der Waals surface area contributed by atoms with Crippen LogP contribution in [-0.2, 0) is 9.59 Å².